The molecule has 2 aliphatic rings. The van der Waals surface area contributed by atoms with Gasteiger partial charge in [-0.15, -0.1) is 0 Å². The summed E-state index contributed by atoms with van der Waals surface area (Å²) in [5, 5.41) is 3.03. The number of nitrogens with one attached hydrogen (secondary N) is 1. The van der Waals surface area contributed by atoms with Crippen LogP contribution < -0.4 is 19.8 Å². The monoisotopic (exact) mass is 626 g/mol. The van der Waals surface area contributed by atoms with Crippen molar-refractivity contribution in [2.75, 3.05) is 17.3 Å². The first-order valence-electron chi connectivity index (χ1n) is 12.3. The van der Waals surface area contributed by atoms with Crippen LogP contribution in [0.1, 0.15) is 16.4 Å². The summed E-state index contributed by atoms with van der Waals surface area (Å²) < 4.78 is 6.57. The van der Waals surface area contributed by atoms with Gasteiger partial charge in [0.1, 0.15) is 17.5 Å². The molecule has 13 heteroatoms. The van der Waals surface area contributed by atoms with Crippen molar-refractivity contribution in [3.8, 4) is 5.75 Å². The molecule has 2 aliphatic heterocycles. The molecule has 1 N–H and O–H groups in total. The van der Waals surface area contributed by atoms with Crippen molar-refractivity contribution in [2.24, 2.45) is 5.92 Å². The summed E-state index contributed by atoms with van der Waals surface area (Å²) in [6.07, 6.45) is 3.26. The van der Waals surface area contributed by atoms with Gasteiger partial charge in [-0.25, -0.2) is 4.90 Å². The van der Waals surface area contributed by atoms with Gasteiger partial charge in [0, 0.05) is 28.9 Å². The van der Waals surface area contributed by atoms with Crippen LogP contribution in [0.4, 0.5) is 11.4 Å². The van der Waals surface area contributed by atoms with Crippen molar-refractivity contribution in [1.29, 1.82) is 0 Å². The molecule has 4 aromatic rings. The van der Waals surface area contributed by atoms with E-state index in [1.54, 1.807) is 54.9 Å². The zero-order valence-corrected chi connectivity index (χ0v) is 24.4. The number of anilines is 2. The van der Waals surface area contributed by atoms with Crippen LogP contribution in [0, 0.1) is 5.92 Å². The molecule has 41 heavy (non-hydrogen) atoms. The van der Waals surface area contributed by atoms with E-state index in [-0.39, 0.29) is 28.3 Å². The summed E-state index contributed by atoms with van der Waals surface area (Å²) in [6.45, 7) is -0.292. The van der Waals surface area contributed by atoms with E-state index < -0.39 is 23.0 Å². The average Bonchev–Trinajstić information content (AvgIpc) is 3.41. The van der Waals surface area contributed by atoms with Crippen LogP contribution in [0.15, 0.2) is 76.8 Å². The summed E-state index contributed by atoms with van der Waals surface area (Å²) in [4.78, 5) is 59.6. The molecule has 0 unspecified atom stereocenters. The van der Waals surface area contributed by atoms with E-state index in [1.165, 1.54) is 22.6 Å². The lowest BCUT2D eigenvalue weighted by atomic mass is 9.84. The van der Waals surface area contributed by atoms with E-state index in [0.29, 0.717) is 37.6 Å². The molecule has 1 fully saturated rings. The van der Waals surface area contributed by atoms with Gasteiger partial charge in [-0.05, 0) is 54.1 Å². The van der Waals surface area contributed by atoms with E-state index in [1.807, 2.05) is 6.07 Å². The molecule has 2 aromatic carbocycles. The van der Waals surface area contributed by atoms with Crippen LogP contribution in [0.5, 0.6) is 5.75 Å². The fourth-order valence-corrected chi connectivity index (χ4v) is 8.15. The first-order valence-corrected chi connectivity index (χ1v) is 14.8. The van der Waals surface area contributed by atoms with Crippen LogP contribution in [-0.2, 0) is 20.9 Å². The number of halogens is 2. The highest BCUT2D eigenvalue weighted by atomic mass is 35.5. The van der Waals surface area contributed by atoms with E-state index in [0.717, 1.165) is 23.1 Å². The Kier molecular flexibility index (Phi) is 7.37. The second-order valence-corrected chi connectivity index (χ2v) is 12.3. The molecule has 0 aliphatic carbocycles. The number of thiazole rings is 1. The Bertz CT molecular complexity index is 1740. The third-order valence-electron chi connectivity index (χ3n) is 6.93. The number of hydrogen-bond acceptors (Lipinski definition) is 8. The molecular weight excluding hydrogens is 607 g/mol. The second kappa shape index (κ2) is 11.0. The number of pyridine rings is 1. The number of ether oxygens (including phenoxy) is 1. The maximum Gasteiger partial charge on any atom is 0.308 e. The Morgan fingerprint density at radius 1 is 1.05 bits per heavy atom. The molecular formula is C28H20Cl2N4O5S2. The number of imide groups is 1. The van der Waals surface area contributed by atoms with Crippen molar-refractivity contribution in [1.82, 2.24) is 9.55 Å². The molecule has 9 nitrogen and oxygen atoms in total. The van der Waals surface area contributed by atoms with Crippen LogP contribution in [0.2, 0.25) is 10.0 Å². The number of carbonyl (C=O) groups is 3. The first kappa shape index (κ1) is 27.5. The molecule has 0 radical (unpaired) electrons. The van der Waals surface area contributed by atoms with Crippen molar-refractivity contribution in [3.05, 3.63) is 97.1 Å². The lowest BCUT2D eigenvalue weighted by molar-refractivity contribution is -0.122. The summed E-state index contributed by atoms with van der Waals surface area (Å²) in [5.74, 6) is -1.97. The van der Waals surface area contributed by atoms with E-state index in [2.05, 4.69) is 10.3 Å². The molecule has 1 saturated heterocycles. The highest BCUT2D eigenvalue weighted by Crippen LogP contribution is 2.53. The van der Waals surface area contributed by atoms with Crippen LogP contribution in [-0.4, -0.2) is 39.6 Å². The number of nitrogens with zero attached hydrogens (tertiary/aromatic N) is 3. The van der Waals surface area contributed by atoms with Gasteiger partial charge < -0.3 is 10.1 Å². The fourth-order valence-electron chi connectivity index (χ4n) is 5.08. The number of rotatable bonds is 6. The SMILES string of the molecule is COc1ccc(N2C(=O)[C@H]3[C@H](c4cccnc4)c4sc(=O)n(CC(=O)Nc5ccc(Cl)c(Cl)c5)c4S[C@H]3C2=O)cc1. The summed E-state index contributed by atoms with van der Waals surface area (Å²) in [7, 11) is 1.54. The molecule has 0 spiro atoms. The number of thioether (sulfide) groups is 1. The van der Waals surface area contributed by atoms with E-state index >= 15 is 0 Å². The zero-order valence-electron chi connectivity index (χ0n) is 21.2. The van der Waals surface area contributed by atoms with Gasteiger partial charge in [-0.2, -0.15) is 0 Å². The lowest BCUT2D eigenvalue weighted by Gasteiger charge is -2.30. The van der Waals surface area contributed by atoms with Crippen molar-refractivity contribution >= 4 is 75.4 Å². The molecule has 3 amide bonds. The standard InChI is InChI=1S/C28H20Cl2N4O5S2/c1-39-17-7-5-16(6-8-17)34-25(36)22-21(14-3-2-10-31-12-14)24-27(40-23(22)26(34)37)33(28(38)41-24)13-20(35)32-15-4-9-18(29)19(30)11-15/h2-12,21-23H,13H2,1H3,(H,32,35)/t21-,22-,23+/m0/s1. The van der Waals surface area contributed by atoms with Crippen molar-refractivity contribution in [3.63, 3.8) is 0 Å². The van der Waals surface area contributed by atoms with Crippen LogP contribution >= 0.6 is 46.3 Å². The number of fused-ring (bicyclic) bond motifs is 2. The van der Waals surface area contributed by atoms with Gasteiger partial charge in [-0.1, -0.05) is 52.4 Å². The number of amides is 3. The smallest absolute Gasteiger partial charge is 0.308 e. The Hall–Kier alpha value is -3.64. The molecule has 4 heterocycles. The number of benzene rings is 2. The van der Waals surface area contributed by atoms with E-state index in [9.17, 15) is 19.2 Å². The second-order valence-electron chi connectivity index (χ2n) is 9.34. The Morgan fingerprint density at radius 2 is 1.83 bits per heavy atom. The van der Waals surface area contributed by atoms with Crippen molar-refractivity contribution in [2.45, 2.75) is 22.7 Å². The van der Waals surface area contributed by atoms with Gasteiger partial charge in [0.05, 0.1) is 33.8 Å². The van der Waals surface area contributed by atoms with Gasteiger partial charge in [0.25, 0.3) is 0 Å². The maximum atomic E-state index is 13.9. The molecule has 6 rings (SSSR count). The fraction of sp³-hybridized carbons (Fsp3) is 0.179. The van der Waals surface area contributed by atoms with Gasteiger partial charge >= 0.3 is 4.87 Å². The Labute approximate surface area is 252 Å². The zero-order chi connectivity index (χ0) is 28.8. The minimum Gasteiger partial charge on any atom is -0.497 e. The van der Waals surface area contributed by atoms with Gasteiger partial charge in [0.15, 0.2) is 0 Å². The normalized spacial score (nSPS) is 19.6. The topological polar surface area (TPSA) is 111 Å². The predicted molar refractivity (Wildman–Crippen MR) is 158 cm³/mol. The van der Waals surface area contributed by atoms with E-state index in [4.69, 9.17) is 27.9 Å². The van der Waals surface area contributed by atoms with Crippen molar-refractivity contribution < 1.29 is 19.1 Å². The molecule has 0 bridgehead atoms. The third-order valence-corrected chi connectivity index (χ3v) is 10.3. The Balaban J connectivity index is 1.38. The minimum absolute atomic E-state index is 0.279. The van der Waals surface area contributed by atoms with Crippen LogP contribution in [0.3, 0.4) is 0 Å². The molecule has 2 aromatic heterocycles. The quantitative estimate of drug-likeness (QED) is 0.298. The van der Waals surface area contributed by atoms with Crippen LogP contribution in [0.25, 0.3) is 0 Å². The highest BCUT2D eigenvalue weighted by Gasteiger charge is 2.56. The number of hydrogen-bond donors (Lipinski definition) is 1. The Morgan fingerprint density at radius 3 is 2.51 bits per heavy atom. The summed E-state index contributed by atoms with van der Waals surface area (Å²) >= 11 is 14.1. The summed E-state index contributed by atoms with van der Waals surface area (Å²) in [5.41, 5.74) is 1.56. The maximum absolute atomic E-state index is 13.9. The minimum atomic E-state index is -0.805. The molecule has 208 valence electrons. The third kappa shape index (κ3) is 4.93. The highest BCUT2D eigenvalue weighted by molar-refractivity contribution is 8.00. The largest absolute Gasteiger partial charge is 0.497 e. The van der Waals surface area contributed by atoms with Gasteiger partial charge in [0.2, 0.25) is 17.7 Å². The predicted octanol–water partition coefficient (Wildman–Crippen LogP) is 5.05. The average molecular weight is 628 g/mol. The molecule has 3 atom stereocenters. The number of methoxy groups -OCH3 is 1. The number of carbonyl (C=O) groups excluding carboxylic acids is 3. The number of aromatic nitrogens is 2. The first-order chi connectivity index (χ1) is 19.8. The molecule has 0 saturated carbocycles. The lowest BCUT2D eigenvalue weighted by Crippen LogP contribution is -2.33. The van der Waals surface area contributed by atoms with Gasteiger partial charge in [-0.3, -0.25) is 28.7 Å². The summed E-state index contributed by atoms with van der Waals surface area (Å²) in [6, 6.07) is 14.9.